The van der Waals surface area contributed by atoms with Crippen molar-refractivity contribution in [2.75, 3.05) is 0 Å². The second-order valence-corrected chi connectivity index (χ2v) is 3.92. The van der Waals surface area contributed by atoms with Gasteiger partial charge in [0.05, 0.1) is 12.5 Å². The van der Waals surface area contributed by atoms with Gasteiger partial charge in [-0.2, -0.15) is 0 Å². The van der Waals surface area contributed by atoms with Crippen molar-refractivity contribution in [1.82, 2.24) is 0 Å². The maximum Gasteiger partial charge on any atom is 0.314 e. The van der Waals surface area contributed by atoms with Crippen LogP contribution in [0.25, 0.3) is 0 Å². The number of esters is 1. The standard InChI is InChI=1S/C15H14O3/c16-14(12-7-3-1-4-8-12)11-15(17)18-13-9-5-2-6-10-13/h1-10,14,16H,11H2/t14-/m0/s1. The molecule has 0 aliphatic heterocycles. The number of aliphatic hydroxyl groups is 1. The highest BCUT2D eigenvalue weighted by Crippen LogP contribution is 2.17. The van der Waals surface area contributed by atoms with Crippen LogP contribution in [0.2, 0.25) is 0 Å². The van der Waals surface area contributed by atoms with Gasteiger partial charge in [-0.3, -0.25) is 4.79 Å². The van der Waals surface area contributed by atoms with Crippen LogP contribution in [0, 0.1) is 0 Å². The molecule has 0 amide bonds. The maximum atomic E-state index is 11.6. The van der Waals surface area contributed by atoms with Gasteiger partial charge in [-0.15, -0.1) is 0 Å². The van der Waals surface area contributed by atoms with E-state index in [1.165, 1.54) is 0 Å². The molecule has 3 nitrogen and oxygen atoms in total. The van der Waals surface area contributed by atoms with Crippen molar-refractivity contribution in [3.63, 3.8) is 0 Å². The summed E-state index contributed by atoms with van der Waals surface area (Å²) >= 11 is 0. The summed E-state index contributed by atoms with van der Waals surface area (Å²) in [6.07, 6.45) is -0.888. The van der Waals surface area contributed by atoms with E-state index in [4.69, 9.17) is 4.74 Å². The Morgan fingerprint density at radius 2 is 1.56 bits per heavy atom. The first-order valence-corrected chi connectivity index (χ1v) is 5.74. The molecular weight excluding hydrogens is 228 g/mol. The Labute approximate surface area is 106 Å². The number of carbonyl (C=O) groups excluding carboxylic acids is 1. The smallest absolute Gasteiger partial charge is 0.314 e. The number of carbonyl (C=O) groups is 1. The summed E-state index contributed by atoms with van der Waals surface area (Å²) in [4.78, 5) is 11.6. The Morgan fingerprint density at radius 1 is 1.00 bits per heavy atom. The molecule has 2 rings (SSSR count). The number of benzene rings is 2. The molecule has 0 saturated heterocycles. The molecule has 92 valence electrons. The predicted octanol–water partition coefficient (Wildman–Crippen LogP) is 2.72. The monoisotopic (exact) mass is 242 g/mol. The highest BCUT2D eigenvalue weighted by Gasteiger charge is 2.14. The fourth-order valence-electron chi connectivity index (χ4n) is 1.61. The zero-order valence-electron chi connectivity index (χ0n) is 9.82. The molecule has 0 aromatic heterocycles. The van der Waals surface area contributed by atoms with Gasteiger partial charge in [0.1, 0.15) is 5.75 Å². The first-order valence-electron chi connectivity index (χ1n) is 5.74. The van der Waals surface area contributed by atoms with E-state index in [0.717, 1.165) is 0 Å². The minimum Gasteiger partial charge on any atom is -0.426 e. The van der Waals surface area contributed by atoms with Gasteiger partial charge in [-0.05, 0) is 17.7 Å². The van der Waals surface area contributed by atoms with Crippen LogP contribution in [0.1, 0.15) is 18.1 Å². The molecule has 1 atom stereocenters. The molecule has 0 radical (unpaired) electrons. The van der Waals surface area contributed by atoms with Crippen LogP contribution >= 0.6 is 0 Å². The summed E-state index contributed by atoms with van der Waals surface area (Å²) < 4.78 is 5.11. The van der Waals surface area contributed by atoms with Crippen molar-refractivity contribution in [1.29, 1.82) is 0 Å². The summed E-state index contributed by atoms with van der Waals surface area (Å²) in [5.74, 6) is 0.0420. The number of hydrogen-bond donors (Lipinski definition) is 1. The van der Waals surface area contributed by atoms with Gasteiger partial charge in [-0.1, -0.05) is 48.5 Å². The minimum absolute atomic E-state index is 0.0566. The zero-order chi connectivity index (χ0) is 12.8. The largest absolute Gasteiger partial charge is 0.426 e. The van der Waals surface area contributed by atoms with Gasteiger partial charge < -0.3 is 9.84 Å². The number of hydrogen-bond acceptors (Lipinski definition) is 3. The summed E-state index contributed by atoms with van der Waals surface area (Å²) in [6.45, 7) is 0. The van der Waals surface area contributed by atoms with Gasteiger partial charge in [0.2, 0.25) is 0 Å². The van der Waals surface area contributed by atoms with Crippen LogP contribution in [0.4, 0.5) is 0 Å². The maximum absolute atomic E-state index is 11.6. The van der Waals surface area contributed by atoms with E-state index in [1.807, 2.05) is 24.3 Å². The van der Waals surface area contributed by atoms with Crippen molar-refractivity contribution in [3.8, 4) is 5.75 Å². The molecule has 0 fully saturated rings. The molecule has 0 aliphatic carbocycles. The highest BCUT2D eigenvalue weighted by molar-refractivity contribution is 5.73. The molecule has 0 spiro atoms. The zero-order valence-corrected chi connectivity index (χ0v) is 9.82. The lowest BCUT2D eigenvalue weighted by atomic mass is 10.1. The van der Waals surface area contributed by atoms with Crippen molar-refractivity contribution < 1.29 is 14.6 Å². The quantitative estimate of drug-likeness (QED) is 0.662. The van der Waals surface area contributed by atoms with Crippen molar-refractivity contribution >= 4 is 5.97 Å². The van der Waals surface area contributed by atoms with Crippen LogP contribution in [0.3, 0.4) is 0 Å². The lowest BCUT2D eigenvalue weighted by molar-refractivity contribution is -0.136. The predicted molar refractivity (Wildman–Crippen MR) is 68.1 cm³/mol. The summed E-state index contributed by atoms with van der Waals surface area (Å²) in [7, 11) is 0. The Hall–Kier alpha value is -2.13. The molecule has 0 aliphatic rings. The van der Waals surface area contributed by atoms with Crippen molar-refractivity contribution in [3.05, 3.63) is 66.2 Å². The molecular formula is C15H14O3. The summed E-state index contributed by atoms with van der Waals surface area (Å²) in [5.41, 5.74) is 0.711. The van der Waals surface area contributed by atoms with Gasteiger partial charge in [0, 0.05) is 0 Å². The van der Waals surface area contributed by atoms with E-state index in [-0.39, 0.29) is 6.42 Å². The third-order valence-corrected chi connectivity index (χ3v) is 2.52. The lowest BCUT2D eigenvalue weighted by Crippen LogP contribution is -2.12. The normalized spacial score (nSPS) is 11.8. The van der Waals surface area contributed by atoms with Gasteiger partial charge in [0.15, 0.2) is 0 Å². The van der Waals surface area contributed by atoms with Gasteiger partial charge in [0.25, 0.3) is 0 Å². The summed E-state index contributed by atoms with van der Waals surface area (Å²) in [5, 5.41) is 9.87. The third-order valence-electron chi connectivity index (χ3n) is 2.52. The van der Waals surface area contributed by atoms with Crippen LogP contribution in [-0.4, -0.2) is 11.1 Å². The van der Waals surface area contributed by atoms with Gasteiger partial charge >= 0.3 is 5.97 Å². The number of rotatable bonds is 4. The van der Waals surface area contributed by atoms with E-state index in [0.29, 0.717) is 11.3 Å². The number of para-hydroxylation sites is 1. The second-order valence-electron chi connectivity index (χ2n) is 3.92. The fraction of sp³-hybridized carbons (Fsp3) is 0.133. The molecule has 0 unspecified atom stereocenters. The van der Waals surface area contributed by atoms with Gasteiger partial charge in [-0.25, -0.2) is 0 Å². The van der Waals surface area contributed by atoms with E-state index in [1.54, 1.807) is 36.4 Å². The topological polar surface area (TPSA) is 46.5 Å². The van der Waals surface area contributed by atoms with Crippen LogP contribution in [-0.2, 0) is 4.79 Å². The van der Waals surface area contributed by atoms with Crippen LogP contribution < -0.4 is 4.74 Å². The Balaban J connectivity index is 1.92. The van der Waals surface area contributed by atoms with Crippen LogP contribution in [0.5, 0.6) is 5.75 Å². The molecule has 0 heterocycles. The molecule has 3 heteroatoms. The molecule has 2 aromatic rings. The molecule has 2 aromatic carbocycles. The van der Waals surface area contributed by atoms with E-state index in [2.05, 4.69) is 0 Å². The average Bonchev–Trinajstić information content (AvgIpc) is 2.40. The van der Waals surface area contributed by atoms with Crippen molar-refractivity contribution in [2.24, 2.45) is 0 Å². The third kappa shape index (κ3) is 3.43. The SMILES string of the molecule is O=C(C[C@H](O)c1ccccc1)Oc1ccccc1. The minimum atomic E-state index is -0.831. The Bertz CT molecular complexity index is 494. The van der Waals surface area contributed by atoms with E-state index < -0.39 is 12.1 Å². The van der Waals surface area contributed by atoms with E-state index >= 15 is 0 Å². The average molecular weight is 242 g/mol. The number of ether oxygens (including phenoxy) is 1. The molecule has 18 heavy (non-hydrogen) atoms. The van der Waals surface area contributed by atoms with Crippen LogP contribution in [0.15, 0.2) is 60.7 Å². The Kier molecular flexibility index (Phi) is 4.10. The lowest BCUT2D eigenvalue weighted by Gasteiger charge is -2.10. The summed E-state index contributed by atoms with van der Waals surface area (Å²) in [6, 6.07) is 17.9. The molecule has 0 bridgehead atoms. The van der Waals surface area contributed by atoms with E-state index in [9.17, 15) is 9.90 Å². The molecule has 0 saturated carbocycles. The van der Waals surface area contributed by atoms with Crippen molar-refractivity contribution in [2.45, 2.75) is 12.5 Å². The first kappa shape index (κ1) is 12.3. The fourth-order valence-corrected chi connectivity index (χ4v) is 1.61. The number of aliphatic hydroxyl groups excluding tert-OH is 1. The molecule has 1 N–H and O–H groups in total. The highest BCUT2D eigenvalue weighted by atomic mass is 16.5. The first-order chi connectivity index (χ1) is 8.75. The second kappa shape index (κ2) is 5.98. The Morgan fingerprint density at radius 3 is 2.17 bits per heavy atom.